The zero-order chi connectivity index (χ0) is 23.7. The summed E-state index contributed by atoms with van der Waals surface area (Å²) in [6, 6.07) is 23.5. The van der Waals surface area contributed by atoms with Crippen LogP contribution in [-0.4, -0.2) is 6.09 Å². The van der Waals surface area contributed by atoms with Gasteiger partial charge in [0.15, 0.2) is 5.13 Å². The lowest BCUT2D eigenvalue weighted by molar-refractivity contribution is 0.121. The van der Waals surface area contributed by atoms with Crippen LogP contribution in [0.1, 0.15) is 42.9 Å². The molecule has 1 aliphatic carbocycles. The molecule has 3 aromatic carbocycles. The van der Waals surface area contributed by atoms with Gasteiger partial charge < -0.3 is 4.74 Å². The van der Waals surface area contributed by atoms with E-state index in [1.54, 1.807) is 19.1 Å². The van der Waals surface area contributed by atoms with Crippen molar-refractivity contribution in [3.05, 3.63) is 101 Å². The Morgan fingerprint density at radius 3 is 2.12 bits per heavy atom. The topological polar surface area (TPSA) is 38.3 Å². The summed E-state index contributed by atoms with van der Waals surface area (Å²) in [4.78, 5) is 13.1. The average Bonchev–Trinajstić information content (AvgIpc) is 3.62. The Bertz CT molecular complexity index is 1290. The first kappa shape index (κ1) is 22.3. The zero-order valence-electron chi connectivity index (χ0n) is 18.6. The van der Waals surface area contributed by atoms with Crippen LogP contribution in [0.2, 0.25) is 0 Å². The fraction of sp³-hybridized carbons (Fsp3) is 0.179. The van der Waals surface area contributed by atoms with Crippen molar-refractivity contribution in [2.24, 2.45) is 0 Å². The summed E-state index contributed by atoms with van der Waals surface area (Å²) in [7, 11) is 0. The van der Waals surface area contributed by atoms with Crippen molar-refractivity contribution in [1.82, 2.24) is 0 Å². The van der Waals surface area contributed by atoms with Crippen LogP contribution in [0.15, 0.2) is 78.9 Å². The molecule has 1 heterocycles. The highest BCUT2D eigenvalue weighted by atomic mass is 32.1. The van der Waals surface area contributed by atoms with Crippen LogP contribution in [0.5, 0.6) is 0 Å². The minimum atomic E-state index is -0.705. The Hall–Kier alpha value is -3.51. The van der Waals surface area contributed by atoms with Crippen LogP contribution in [0, 0.1) is 10.9 Å². The van der Waals surface area contributed by atoms with E-state index >= 15 is 0 Å². The predicted octanol–water partition coefficient (Wildman–Crippen LogP) is 8.55. The quantitative estimate of drug-likeness (QED) is 0.303. The van der Waals surface area contributed by atoms with E-state index in [1.165, 1.54) is 36.6 Å². The van der Waals surface area contributed by atoms with Crippen molar-refractivity contribution in [3.63, 3.8) is 0 Å². The summed E-state index contributed by atoms with van der Waals surface area (Å²) in [5.41, 5.74) is 5.41. The lowest BCUT2D eigenvalue weighted by atomic mass is 10.0. The van der Waals surface area contributed by atoms with Gasteiger partial charge >= 0.3 is 6.09 Å². The van der Waals surface area contributed by atoms with Gasteiger partial charge in [-0.2, -0.15) is 4.39 Å². The lowest BCUT2D eigenvalue weighted by Crippen LogP contribution is -2.16. The maximum atomic E-state index is 14.1. The van der Waals surface area contributed by atoms with Crippen molar-refractivity contribution >= 4 is 23.1 Å². The predicted molar refractivity (Wildman–Crippen MR) is 132 cm³/mol. The van der Waals surface area contributed by atoms with Crippen molar-refractivity contribution in [1.29, 1.82) is 0 Å². The molecule has 5 rings (SSSR count). The summed E-state index contributed by atoms with van der Waals surface area (Å²) in [6.45, 7) is 1.69. The van der Waals surface area contributed by atoms with Crippen LogP contribution in [0.3, 0.4) is 0 Å². The first-order valence-electron chi connectivity index (χ1n) is 11.2. The van der Waals surface area contributed by atoms with E-state index in [9.17, 15) is 13.6 Å². The summed E-state index contributed by atoms with van der Waals surface area (Å²) in [5.74, 6) is 0.363. The van der Waals surface area contributed by atoms with Gasteiger partial charge in [-0.1, -0.05) is 60.7 Å². The second kappa shape index (κ2) is 9.39. The van der Waals surface area contributed by atoms with E-state index < -0.39 is 17.3 Å². The zero-order valence-corrected chi connectivity index (χ0v) is 19.4. The van der Waals surface area contributed by atoms with Gasteiger partial charge in [0.2, 0.25) is 0 Å². The fourth-order valence-corrected chi connectivity index (χ4v) is 4.79. The van der Waals surface area contributed by atoms with Crippen molar-refractivity contribution in [3.8, 4) is 21.6 Å². The summed E-state index contributed by atoms with van der Waals surface area (Å²) >= 11 is 0.961. The Kier molecular flexibility index (Phi) is 6.16. The van der Waals surface area contributed by atoms with E-state index in [4.69, 9.17) is 4.74 Å². The SMILES string of the molecule is C[C@@H](OC(=O)Nc1cc(F)sc1-c1ccc(-c2ccc(C3CC3)cc2)cc1)c1ccc(F)cc1. The third kappa shape index (κ3) is 5.02. The molecule has 1 fully saturated rings. The Morgan fingerprint density at radius 2 is 1.50 bits per heavy atom. The fourth-order valence-electron chi connectivity index (χ4n) is 3.95. The smallest absolute Gasteiger partial charge is 0.412 e. The number of ether oxygens (including phenoxy) is 1. The molecular formula is C28H23F2NO2S. The molecule has 0 radical (unpaired) electrons. The van der Waals surface area contributed by atoms with Crippen LogP contribution < -0.4 is 5.32 Å². The van der Waals surface area contributed by atoms with E-state index in [-0.39, 0.29) is 5.82 Å². The van der Waals surface area contributed by atoms with Crippen LogP contribution in [0.4, 0.5) is 19.3 Å². The molecular weight excluding hydrogens is 452 g/mol. The number of anilines is 1. The standard InChI is InChI=1S/C28H23F2NO2S/c1-17(18-12-14-24(29)15-13-18)33-28(32)31-25-16-26(30)34-27(25)23-10-8-22(9-11-23)21-6-4-20(5-7-21)19-2-3-19/h4-17,19H,2-3H2,1H3,(H,31,32)/t17-/m1/s1. The number of benzene rings is 3. The number of hydrogen-bond acceptors (Lipinski definition) is 3. The number of rotatable bonds is 6. The first-order chi connectivity index (χ1) is 16.5. The highest BCUT2D eigenvalue weighted by molar-refractivity contribution is 7.14. The van der Waals surface area contributed by atoms with Gasteiger partial charge in [0.1, 0.15) is 11.9 Å². The lowest BCUT2D eigenvalue weighted by Gasteiger charge is -2.14. The number of nitrogens with one attached hydrogen (secondary N) is 1. The second-order valence-corrected chi connectivity index (χ2v) is 9.49. The molecule has 6 heteroatoms. The van der Waals surface area contributed by atoms with Crippen LogP contribution in [-0.2, 0) is 4.74 Å². The molecule has 1 aromatic heterocycles. The largest absolute Gasteiger partial charge is 0.441 e. The molecule has 1 amide bonds. The molecule has 1 saturated carbocycles. The number of carbonyl (C=O) groups excluding carboxylic acids is 1. The normalized spacial score (nSPS) is 14.0. The van der Waals surface area contributed by atoms with Crippen molar-refractivity contribution < 1.29 is 18.3 Å². The molecule has 0 aliphatic heterocycles. The van der Waals surface area contributed by atoms with Gasteiger partial charge in [-0.3, -0.25) is 5.32 Å². The minimum absolute atomic E-state index is 0.348. The number of amides is 1. The van der Waals surface area contributed by atoms with Gasteiger partial charge in [-0.15, -0.1) is 11.3 Å². The van der Waals surface area contributed by atoms with Crippen LogP contribution >= 0.6 is 11.3 Å². The Balaban J connectivity index is 1.29. The molecule has 1 aliphatic rings. The average molecular weight is 476 g/mol. The van der Waals surface area contributed by atoms with Crippen molar-refractivity contribution in [2.45, 2.75) is 31.8 Å². The third-order valence-corrected chi connectivity index (χ3v) is 6.97. The number of halogens is 2. The van der Waals surface area contributed by atoms with E-state index in [2.05, 4.69) is 29.6 Å². The molecule has 4 aromatic rings. The molecule has 1 N–H and O–H groups in total. The molecule has 172 valence electrons. The minimum Gasteiger partial charge on any atom is -0.441 e. The molecule has 0 unspecified atom stereocenters. The number of thiophene rings is 1. The Labute approximate surface area is 201 Å². The van der Waals surface area contributed by atoms with Gasteiger partial charge in [0, 0.05) is 6.07 Å². The summed E-state index contributed by atoms with van der Waals surface area (Å²) in [5, 5.41) is 2.24. The van der Waals surface area contributed by atoms with Gasteiger partial charge in [-0.05, 0) is 65.6 Å². The van der Waals surface area contributed by atoms with Crippen LogP contribution in [0.25, 0.3) is 21.6 Å². The van der Waals surface area contributed by atoms with Gasteiger partial charge in [-0.25, -0.2) is 9.18 Å². The number of carbonyl (C=O) groups is 1. The molecule has 34 heavy (non-hydrogen) atoms. The van der Waals surface area contributed by atoms with Crippen molar-refractivity contribution in [2.75, 3.05) is 5.32 Å². The molecule has 0 spiro atoms. The first-order valence-corrected chi connectivity index (χ1v) is 12.0. The van der Waals surface area contributed by atoms with Gasteiger partial charge in [0.05, 0.1) is 10.6 Å². The third-order valence-electron chi connectivity index (χ3n) is 6.00. The monoisotopic (exact) mass is 475 g/mol. The second-order valence-electron chi connectivity index (χ2n) is 8.49. The van der Waals surface area contributed by atoms with E-state index in [0.29, 0.717) is 16.1 Å². The Morgan fingerprint density at radius 1 is 0.912 bits per heavy atom. The highest BCUT2D eigenvalue weighted by Crippen LogP contribution is 2.41. The maximum absolute atomic E-state index is 14.1. The maximum Gasteiger partial charge on any atom is 0.412 e. The molecule has 3 nitrogen and oxygen atoms in total. The molecule has 0 saturated heterocycles. The molecule has 1 atom stereocenters. The van der Waals surface area contributed by atoms with E-state index in [0.717, 1.165) is 33.9 Å². The van der Waals surface area contributed by atoms with Gasteiger partial charge in [0.25, 0.3) is 0 Å². The molecule has 0 bridgehead atoms. The number of hydrogen-bond donors (Lipinski definition) is 1. The van der Waals surface area contributed by atoms with E-state index in [1.807, 2.05) is 24.3 Å². The summed E-state index contributed by atoms with van der Waals surface area (Å²) in [6.07, 6.45) is 1.27. The highest BCUT2D eigenvalue weighted by Gasteiger charge is 2.23. The summed E-state index contributed by atoms with van der Waals surface area (Å²) < 4.78 is 32.7.